The van der Waals surface area contributed by atoms with Gasteiger partial charge in [-0.25, -0.2) is 8.42 Å². The van der Waals surface area contributed by atoms with Gasteiger partial charge in [0.2, 0.25) is 0 Å². The lowest BCUT2D eigenvalue weighted by atomic mass is 10.2. The number of H-pyrrole nitrogens is 1. The molecule has 1 saturated heterocycles. The minimum Gasteiger partial charge on any atom is -0.395 e. The van der Waals surface area contributed by atoms with E-state index < -0.39 is 15.7 Å². The fourth-order valence-corrected chi connectivity index (χ4v) is 3.84. The predicted octanol–water partition coefficient (Wildman–Crippen LogP) is -0.139. The van der Waals surface area contributed by atoms with Gasteiger partial charge >= 0.3 is 0 Å². The molecule has 0 saturated carbocycles. The van der Waals surface area contributed by atoms with Gasteiger partial charge in [-0.05, 0) is 12.8 Å². The maximum absolute atomic E-state index is 12.0. The van der Waals surface area contributed by atoms with Crippen molar-refractivity contribution in [1.82, 2.24) is 15.5 Å². The number of carbonyl (C=O) groups excluding carboxylic acids is 1. The third-order valence-electron chi connectivity index (χ3n) is 3.17. The molecule has 1 atom stereocenters. The molecule has 8 heteroatoms. The number of rotatable bonds is 4. The number of hydrogen-bond acceptors (Lipinski definition) is 5. The quantitative estimate of drug-likeness (QED) is 0.712. The van der Waals surface area contributed by atoms with Crippen LogP contribution in [-0.2, 0) is 16.3 Å². The van der Waals surface area contributed by atoms with Gasteiger partial charge in [-0.1, -0.05) is 13.3 Å². The van der Waals surface area contributed by atoms with Gasteiger partial charge in [-0.2, -0.15) is 5.10 Å². The second-order valence-electron chi connectivity index (χ2n) is 4.79. The van der Waals surface area contributed by atoms with E-state index >= 15 is 0 Å². The molecule has 1 aliphatic rings. The number of anilines is 1. The second kappa shape index (κ2) is 5.20. The summed E-state index contributed by atoms with van der Waals surface area (Å²) in [6.45, 7) is 2.00. The Kier molecular flexibility index (Phi) is 3.79. The summed E-state index contributed by atoms with van der Waals surface area (Å²) in [5.41, 5.74) is 7.08. The smallest absolute Gasteiger partial charge is 0.274 e. The minimum absolute atomic E-state index is 0.00904. The first-order valence-corrected chi connectivity index (χ1v) is 8.09. The van der Waals surface area contributed by atoms with E-state index in [1.54, 1.807) is 0 Å². The van der Waals surface area contributed by atoms with E-state index in [9.17, 15) is 13.2 Å². The highest BCUT2D eigenvalue weighted by Crippen LogP contribution is 2.17. The molecule has 0 radical (unpaired) electrons. The van der Waals surface area contributed by atoms with Crippen LogP contribution in [-0.4, -0.2) is 42.1 Å². The summed E-state index contributed by atoms with van der Waals surface area (Å²) in [5.74, 6) is -0.307. The summed E-state index contributed by atoms with van der Waals surface area (Å²) in [6.07, 6.45) is 2.07. The van der Waals surface area contributed by atoms with E-state index in [2.05, 4.69) is 15.5 Å². The Morgan fingerprint density at radius 3 is 2.89 bits per heavy atom. The molecule has 1 fully saturated rings. The lowest BCUT2D eigenvalue weighted by Gasteiger charge is -2.09. The van der Waals surface area contributed by atoms with Crippen LogP contribution in [0, 0.1) is 0 Å². The highest BCUT2D eigenvalue weighted by atomic mass is 32.2. The monoisotopic (exact) mass is 286 g/mol. The minimum atomic E-state index is -3.01. The highest BCUT2D eigenvalue weighted by Gasteiger charge is 2.30. The van der Waals surface area contributed by atoms with E-state index in [0.29, 0.717) is 12.1 Å². The van der Waals surface area contributed by atoms with E-state index in [-0.39, 0.29) is 23.2 Å². The first-order chi connectivity index (χ1) is 8.93. The highest BCUT2D eigenvalue weighted by molar-refractivity contribution is 7.91. The molecule has 2 rings (SSSR count). The summed E-state index contributed by atoms with van der Waals surface area (Å²) in [7, 11) is -3.01. The summed E-state index contributed by atoms with van der Waals surface area (Å²) in [6, 6.07) is -0.344. The molecule has 106 valence electrons. The number of aromatic amines is 1. The Morgan fingerprint density at radius 1 is 1.58 bits per heavy atom. The summed E-state index contributed by atoms with van der Waals surface area (Å²) < 4.78 is 22.6. The van der Waals surface area contributed by atoms with Crippen LogP contribution in [0.25, 0.3) is 0 Å². The van der Waals surface area contributed by atoms with Gasteiger partial charge in [0.25, 0.3) is 5.91 Å². The number of amides is 1. The van der Waals surface area contributed by atoms with E-state index in [1.165, 1.54) is 0 Å². The largest absolute Gasteiger partial charge is 0.395 e. The molecule has 0 spiro atoms. The zero-order chi connectivity index (χ0) is 14.0. The SMILES string of the molecule is CCCc1[nH]nc(C(=O)NC2CCS(=O)(=O)C2)c1N. The molecule has 1 aromatic rings. The van der Waals surface area contributed by atoms with Crippen molar-refractivity contribution in [3.05, 3.63) is 11.4 Å². The zero-order valence-electron chi connectivity index (χ0n) is 10.8. The molecule has 0 aliphatic carbocycles. The van der Waals surface area contributed by atoms with Crippen molar-refractivity contribution in [2.24, 2.45) is 0 Å². The van der Waals surface area contributed by atoms with Crippen LogP contribution in [0.5, 0.6) is 0 Å². The molecule has 0 bridgehead atoms. The van der Waals surface area contributed by atoms with Gasteiger partial charge in [-0.15, -0.1) is 0 Å². The van der Waals surface area contributed by atoms with Gasteiger partial charge in [0.05, 0.1) is 22.9 Å². The molecule has 2 heterocycles. The van der Waals surface area contributed by atoms with Gasteiger partial charge < -0.3 is 11.1 Å². The number of nitrogens with one attached hydrogen (secondary N) is 2. The van der Waals surface area contributed by atoms with Crippen LogP contribution >= 0.6 is 0 Å². The Hall–Kier alpha value is -1.57. The normalized spacial score (nSPS) is 21.4. The molecule has 1 amide bonds. The molecule has 0 aromatic carbocycles. The number of hydrogen-bond donors (Lipinski definition) is 3. The Bertz CT molecular complexity index is 579. The van der Waals surface area contributed by atoms with Crippen LogP contribution in [0.1, 0.15) is 35.9 Å². The number of nitrogens with two attached hydrogens (primary N) is 1. The fourth-order valence-electron chi connectivity index (χ4n) is 2.16. The Balaban J connectivity index is 2.04. The van der Waals surface area contributed by atoms with Crippen LogP contribution in [0.3, 0.4) is 0 Å². The molecule has 7 nitrogen and oxygen atoms in total. The number of carbonyl (C=O) groups is 1. The standard InChI is InChI=1S/C11H18N4O3S/c1-2-3-8-9(12)10(15-14-8)11(16)13-7-4-5-19(17,18)6-7/h7H,2-6,12H2,1H3,(H,13,16)(H,14,15). The third-order valence-corrected chi connectivity index (χ3v) is 4.93. The molecule has 1 unspecified atom stereocenters. The number of aryl methyl sites for hydroxylation is 1. The summed E-state index contributed by atoms with van der Waals surface area (Å²) >= 11 is 0. The van der Waals surface area contributed by atoms with Gasteiger partial charge in [0, 0.05) is 6.04 Å². The van der Waals surface area contributed by atoms with E-state index in [1.807, 2.05) is 6.92 Å². The van der Waals surface area contributed by atoms with Crippen molar-refractivity contribution in [2.45, 2.75) is 32.2 Å². The van der Waals surface area contributed by atoms with Gasteiger partial charge in [0.15, 0.2) is 15.5 Å². The first kappa shape index (κ1) is 13.9. The number of nitrogen functional groups attached to an aromatic ring is 1. The topological polar surface area (TPSA) is 118 Å². The van der Waals surface area contributed by atoms with Crippen molar-refractivity contribution in [1.29, 1.82) is 0 Å². The fraction of sp³-hybridized carbons (Fsp3) is 0.636. The number of sulfone groups is 1. The number of nitrogens with zero attached hydrogens (tertiary/aromatic N) is 1. The molecular formula is C11H18N4O3S. The van der Waals surface area contributed by atoms with Crippen LogP contribution in [0.2, 0.25) is 0 Å². The first-order valence-electron chi connectivity index (χ1n) is 6.27. The third kappa shape index (κ3) is 3.06. The van der Waals surface area contributed by atoms with Crippen molar-refractivity contribution < 1.29 is 13.2 Å². The van der Waals surface area contributed by atoms with Crippen molar-refractivity contribution in [3.8, 4) is 0 Å². The molecule has 19 heavy (non-hydrogen) atoms. The average molecular weight is 286 g/mol. The van der Waals surface area contributed by atoms with Crippen molar-refractivity contribution in [2.75, 3.05) is 17.2 Å². The van der Waals surface area contributed by atoms with Crippen LogP contribution in [0.4, 0.5) is 5.69 Å². The second-order valence-corrected chi connectivity index (χ2v) is 7.02. The van der Waals surface area contributed by atoms with Crippen molar-refractivity contribution >= 4 is 21.4 Å². The summed E-state index contributed by atoms with van der Waals surface area (Å²) in [4.78, 5) is 12.0. The van der Waals surface area contributed by atoms with E-state index in [0.717, 1.165) is 18.5 Å². The van der Waals surface area contributed by atoms with E-state index in [4.69, 9.17) is 5.73 Å². The lowest BCUT2D eigenvalue weighted by Crippen LogP contribution is -2.36. The van der Waals surface area contributed by atoms with Gasteiger partial charge in [0.1, 0.15) is 0 Å². The molecule has 1 aliphatic heterocycles. The maximum Gasteiger partial charge on any atom is 0.274 e. The van der Waals surface area contributed by atoms with Crippen LogP contribution < -0.4 is 11.1 Å². The van der Waals surface area contributed by atoms with Crippen LogP contribution in [0.15, 0.2) is 0 Å². The lowest BCUT2D eigenvalue weighted by molar-refractivity contribution is 0.0937. The molecular weight excluding hydrogens is 268 g/mol. The Labute approximate surface area is 111 Å². The zero-order valence-corrected chi connectivity index (χ0v) is 11.6. The average Bonchev–Trinajstić information content (AvgIpc) is 2.84. The summed E-state index contributed by atoms with van der Waals surface area (Å²) in [5, 5.41) is 9.31. The number of aromatic nitrogens is 2. The predicted molar refractivity (Wildman–Crippen MR) is 71.5 cm³/mol. The Morgan fingerprint density at radius 2 is 2.32 bits per heavy atom. The van der Waals surface area contributed by atoms with Gasteiger partial charge in [-0.3, -0.25) is 9.89 Å². The molecule has 4 N–H and O–H groups in total. The maximum atomic E-state index is 12.0. The van der Waals surface area contributed by atoms with Crippen molar-refractivity contribution in [3.63, 3.8) is 0 Å². The molecule has 1 aromatic heterocycles.